The number of nitrogens with one attached hydrogen (secondary N) is 2. The van der Waals surface area contributed by atoms with Crippen molar-refractivity contribution >= 4 is 17.5 Å². The maximum atomic E-state index is 12.0. The van der Waals surface area contributed by atoms with Crippen molar-refractivity contribution in [3.8, 4) is 11.5 Å². The summed E-state index contributed by atoms with van der Waals surface area (Å²) in [6.07, 6.45) is 1.76. The van der Waals surface area contributed by atoms with Gasteiger partial charge in [0.15, 0.2) is 11.5 Å². The number of para-hydroxylation sites is 2. The van der Waals surface area contributed by atoms with Crippen molar-refractivity contribution in [2.75, 3.05) is 13.2 Å². The van der Waals surface area contributed by atoms with Crippen molar-refractivity contribution in [2.24, 2.45) is 0 Å². The molecule has 2 N–H and O–H groups in total. The highest BCUT2D eigenvalue weighted by molar-refractivity contribution is 6.30. The van der Waals surface area contributed by atoms with E-state index in [0.29, 0.717) is 30.3 Å². The topological polar surface area (TPSA) is 80.4 Å². The van der Waals surface area contributed by atoms with Crippen LogP contribution in [0.4, 0.5) is 0 Å². The van der Waals surface area contributed by atoms with Crippen LogP contribution in [0.3, 0.4) is 0 Å². The number of fused-ring (bicyclic) bond motifs is 1. The molecule has 0 unspecified atom stereocenters. The van der Waals surface area contributed by atoms with Crippen LogP contribution >= 0.6 is 11.6 Å². The number of ether oxygens (including phenoxy) is 2. The predicted octanol–water partition coefficient (Wildman–Crippen LogP) is 1.99. The lowest BCUT2D eigenvalue weighted by atomic mass is 10.2. The van der Waals surface area contributed by atoms with Crippen LogP contribution in [0.25, 0.3) is 0 Å². The average molecular weight is 335 g/mol. The van der Waals surface area contributed by atoms with E-state index in [9.17, 15) is 9.59 Å². The van der Waals surface area contributed by atoms with Crippen LogP contribution in [-0.2, 0) is 0 Å². The summed E-state index contributed by atoms with van der Waals surface area (Å²) >= 11 is 5.78. The van der Waals surface area contributed by atoms with Crippen molar-refractivity contribution in [3.63, 3.8) is 0 Å². The van der Waals surface area contributed by atoms with Crippen molar-refractivity contribution in [1.82, 2.24) is 10.3 Å². The van der Waals surface area contributed by atoms with Crippen LogP contribution in [0.5, 0.6) is 11.5 Å². The van der Waals surface area contributed by atoms with Gasteiger partial charge in [0.1, 0.15) is 18.3 Å². The number of aromatic amines is 1. The number of rotatable bonds is 4. The second-order valence-corrected chi connectivity index (χ2v) is 5.54. The summed E-state index contributed by atoms with van der Waals surface area (Å²) in [5.74, 6) is 0.950. The first-order chi connectivity index (χ1) is 11.1. The molecule has 0 fully saturated rings. The summed E-state index contributed by atoms with van der Waals surface area (Å²) in [4.78, 5) is 26.0. The SMILES string of the molecule is O=C(NCC[C@H]1COc2ccccc2O1)c1cc(Cl)c[nH]c1=O. The summed E-state index contributed by atoms with van der Waals surface area (Å²) in [5, 5.41) is 2.99. The maximum Gasteiger partial charge on any atom is 0.260 e. The number of carbonyl (C=O) groups excluding carboxylic acids is 1. The van der Waals surface area contributed by atoms with Gasteiger partial charge in [-0.05, 0) is 18.2 Å². The van der Waals surface area contributed by atoms with E-state index in [4.69, 9.17) is 21.1 Å². The van der Waals surface area contributed by atoms with Crippen LogP contribution in [0.15, 0.2) is 41.3 Å². The molecule has 0 saturated heterocycles. The van der Waals surface area contributed by atoms with E-state index in [1.165, 1.54) is 12.3 Å². The third kappa shape index (κ3) is 3.65. The molecule has 1 aliphatic heterocycles. The van der Waals surface area contributed by atoms with Crippen LogP contribution < -0.4 is 20.3 Å². The molecule has 7 heteroatoms. The number of hydrogen-bond acceptors (Lipinski definition) is 4. The van der Waals surface area contributed by atoms with Gasteiger partial charge in [0.25, 0.3) is 11.5 Å². The average Bonchev–Trinajstić information content (AvgIpc) is 2.57. The molecule has 2 aromatic rings. The third-order valence-electron chi connectivity index (χ3n) is 3.43. The maximum absolute atomic E-state index is 12.0. The highest BCUT2D eigenvalue weighted by Gasteiger charge is 2.20. The molecule has 0 radical (unpaired) electrons. The molecule has 1 aliphatic rings. The highest BCUT2D eigenvalue weighted by Crippen LogP contribution is 2.31. The van der Waals surface area contributed by atoms with E-state index in [-0.39, 0.29) is 11.7 Å². The van der Waals surface area contributed by atoms with Gasteiger partial charge in [0.05, 0.1) is 5.02 Å². The number of H-pyrrole nitrogens is 1. The number of carbonyl (C=O) groups is 1. The first kappa shape index (κ1) is 15.4. The zero-order chi connectivity index (χ0) is 16.2. The van der Waals surface area contributed by atoms with Gasteiger partial charge in [-0.25, -0.2) is 0 Å². The monoisotopic (exact) mass is 334 g/mol. The number of hydrogen-bond donors (Lipinski definition) is 2. The Morgan fingerprint density at radius 3 is 2.96 bits per heavy atom. The zero-order valence-corrected chi connectivity index (χ0v) is 12.9. The number of halogens is 1. The van der Waals surface area contributed by atoms with E-state index >= 15 is 0 Å². The lowest BCUT2D eigenvalue weighted by Crippen LogP contribution is -2.35. The Hall–Kier alpha value is -2.47. The van der Waals surface area contributed by atoms with E-state index in [0.717, 1.165) is 5.75 Å². The highest BCUT2D eigenvalue weighted by atomic mass is 35.5. The molecule has 120 valence electrons. The molecule has 23 heavy (non-hydrogen) atoms. The van der Waals surface area contributed by atoms with Gasteiger partial charge in [0.2, 0.25) is 0 Å². The summed E-state index contributed by atoms with van der Waals surface area (Å²) in [6, 6.07) is 8.78. The molecule has 6 nitrogen and oxygen atoms in total. The number of pyridine rings is 1. The fourth-order valence-electron chi connectivity index (χ4n) is 2.27. The van der Waals surface area contributed by atoms with Crippen LogP contribution in [0, 0.1) is 0 Å². The fraction of sp³-hybridized carbons (Fsp3) is 0.250. The third-order valence-corrected chi connectivity index (χ3v) is 3.65. The van der Waals surface area contributed by atoms with Gasteiger partial charge in [-0.1, -0.05) is 23.7 Å². The molecule has 3 rings (SSSR count). The minimum absolute atomic E-state index is 0.0105. The minimum Gasteiger partial charge on any atom is -0.486 e. The fourth-order valence-corrected chi connectivity index (χ4v) is 2.44. The second kappa shape index (κ2) is 6.75. The Balaban J connectivity index is 1.53. The molecule has 0 saturated carbocycles. The summed E-state index contributed by atoms with van der Waals surface area (Å²) in [5.41, 5.74) is -0.485. The number of benzene rings is 1. The van der Waals surface area contributed by atoms with Gasteiger partial charge in [0, 0.05) is 19.2 Å². The first-order valence-corrected chi connectivity index (χ1v) is 7.56. The normalized spacial score (nSPS) is 16.0. The standard InChI is InChI=1S/C16H15ClN2O4/c17-10-7-12(16(21)19-8-10)15(20)18-6-5-11-9-22-13-3-1-2-4-14(13)23-11/h1-4,7-8,11H,5-6,9H2,(H,18,20)(H,19,21)/t11-/m0/s1. The Morgan fingerprint density at radius 2 is 2.13 bits per heavy atom. The Labute approximate surface area is 137 Å². The molecule has 0 bridgehead atoms. The van der Waals surface area contributed by atoms with Gasteiger partial charge in [-0.2, -0.15) is 0 Å². The Morgan fingerprint density at radius 1 is 1.35 bits per heavy atom. The van der Waals surface area contributed by atoms with Crippen molar-refractivity contribution in [1.29, 1.82) is 0 Å². The molecule has 1 aromatic carbocycles. The summed E-state index contributed by atoms with van der Waals surface area (Å²) in [7, 11) is 0. The first-order valence-electron chi connectivity index (χ1n) is 7.18. The second-order valence-electron chi connectivity index (χ2n) is 5.10. The Bertz CT molecular complexity index is 775. The zero-order valence-electron chi connectivity index (χ0n) is 12.2. The lowest BCUT2D eigenvalue weighted by Gasteiger charge is -2.26. The lowest BCUT2D eigenvalue weighted by molar-refractivity contribution is 0.0812. The quantitative estimate of drug-likeness (QED) is 0.896. The molecule has 1 aromatic heterocycles. The van der Waals surface area contributed by atoms with Gasteiger partial charge in [-0.3, -0.25) is 9.59 Å². The molecular weight excluding hydrogens is 320 g/mol. The van der Waals surface area contributed by atoms with E-state index in [1.54, 1.807) is 0 Å². The van der Waals surface area contributed by atoms with Crippen molar-refractivity contribution < 1.29 is 14.3 Å². The van der Waals surface area contributed by atoms with Gasteiger partial charge < -0.3 is 19.8 Å². The van der Waals surface area contributed by atoms with Gasteiger partial charge >= 0.3 is 0 Å². The smallest absolute Gasteiger partial charge is 0.260 e. The van der Waals surface area contributed by atoms with Crippen LogP contribution in [-0.4, -0.2) is 30.1 Å². The molecule has 0 aliphatic carbocycles. The minimum atomic E-state index is -0.474. The number of amides is 1. The Kier molecular flexibility index (Phi) is 4.52. The number of aromatic nitrogens is 1. The van der Waals surface area contributed by atoms with Crippen LogP contribution in [0.1, 0.15) is 16.8 Å². The predicted molar refractivity (Wildman–Crippen MR) is 85.4 cm³/mol. The van der Waals surface area contributed by atoms with Crippen molar-refractivity contribution in [2.45, 2.75) is 12.5 Å². The molecule has 2 heterocycles. The summed E-state index contributed by atoms with van der Waals surface area (Å²) in [6.45, 7) is 0.783. The van der Waals surface area contributed by atoms with E-state index < -0.39 is 11.5 Å². The summed E-state index contributed by atoms with van der Waals surface area (Å²) < 4.78 is 11.4. The molecule has 1 amide bonds. The molecule has 0 spiro atoms. The molecule has 1 atom stereocenters. The molecular formula is C16H15ClN2O4. The van der Waals surface area contributed by atoms with Crippen LogP contribution in [0.2, 0.25) is 5.02 Å². The van der Waals surface area contributed by atoms with Crippen molar-refractivity contribution in [3.05, 3.63) is 57.5 Å². The van der Waals surface area contributed by atoms with Gasteiger partial charge in [-0.15, -0.1) is 0 Å². The van der Waals surface area contributed by atoms with E-state index in [2.05, 4.69) is 10.3 Å². The van der Waals surface area contributed by atoms with E-state index in [1.807, 2.05) is 24.3 Å². The largest absolute Gasteiger partial charge is 0.486 e.